The van der Waals surface area contributed by atoms with Gasteiger partial charge in [0.15, 0.2) is 0 Å². The van der Waals surface area contributed by atoms with Crippen molar-refractivity contribution in [2.75, 3.05) is 37.6 Å². The predicted octanol–water partition coefficient (Wildman–Crippen LogP) is 3.53. The molecule has 5 nitrogen and oxygen atoms in total. The first-order chi connectivity index (χ1) is 13.1. The smallest absolute Gasteiger partial charge is 0.220 e. The first kappa shape index (κ1) is 18.7. The molecule has 0 unspecified atom stereocenters. The van der Waals surface area contributed by atoms with E-state index in [1.165, 1.54) is 50.9 Å². The molecule has 0 N–H and O–H groups in total. The highest BCUT2D eigenvalue weighted by Crippen LogP contribution is 2.33. The van der Waals surface area contributed by atoms with E-state index < -0.39 is 0 Å². The van der Waals surface area contributed by atoms with Crippen molar-refractivity contribution in [3.05, 3.63) is 23.5 Å². The van der Waals surface area contributed by atoms with Gasteiger partial charge in [-0.15, -0.1) is 0 Å². The molecule has 1 atom stereocenters. The zero-order chi connectivity index (χ0) is 18.8. The average Bonchev–Trinajstić information content (AvgIpc) is 3.19. The molecule has 1 aliphatic carbocycles. The van der Waals surface area contributed by atoms with Gasteiger partial charge < -0.3 is 9.80 Å². The number of anilines is 1. The third-order valence-corrected chi connectivity index (χ3v) is 6.73. The van der Waals surface area contributed by atoms with E-state index in [-0.39, 0.29) is 11.9 Å². The Kier molecular flexibility index (Phi) is 5.67. The molecule has 148 valence electrons. The Hall–Kier alpha value is -1.62. The van der Waals surface area contributed by atoms with Crippen LogP contribution in [-0.4, -0.2) is 59.5 Å². The molecule has 0 spiro atoms. The molecule has 1 aromatic rings. The maximum atomic E-state index is 12.0. The molecule has 2 aliphatic heterocycles. The van der Waals surface area contributed by atoms with Crippen LogP contribution in [0.3, 0.4) is 0 Å². The van der Waals surface area contributed by atoms with Crippen LogP contribution in [0, 0.1) is 6.92 Å². The summed E-state index contributed by atoms with van der Waals surface area (Å²) in [5.41, 5.74) is 3.43. The van der Waals surface area contributed by atoms with Crippen LogP contribution in [0.5, 0.6) is 0 Å². The lowest BCUT2D eigenvalue weighted by Crippen LogP contribution is -2.50. The Bertz CT molecular complexity index is 662. The monoisotopic (exact) mass is 370 g/mol. The van der Waals surface area contributed by atoms with E-state index in [0.717, 1.165) is 49.9 Å². The van der Waals surface area contributed by atoms with E-state index in [2.05, 4.69) is 28.9 Å². The summed E-state index contributed by atoms with van der Waals surface area (Å²) >= 11 is 0. The maximum Gasteiger partial charge on any atom is 0.220 e. The number of aryl methyl sites for hydroxylation is 1. The molecule has 0 bridgehead atoms. The van der Waals surface area contributed by atoms with Crippen LogP contribution in [0.1, 0.15) is 69.3 Å². The molecule has 5 heteroatoms. The summed E-state index contributed by atoms with van der Waals surface area (Å²) in [7, 11) is 0. The molecule has 3 heterocycles. The predicted molar refractivity (Wildman–Crippen MR) is 109 cm³/mol. The highest BCUT2D eigenvalue weighted by Gasteiger charge is 2.30. The van der Waals surface area contributed by atoms with Gasteiger partial charge in [0, 0.05) is 57.1 Å². The Morgan fingerprint density at radius 3 is 2.41 bits per heavy atom. The molecule has 3 aliphatic rings. The second kappa shape index (κ2) is 8.17. The molecule has 1 saturated carbocycles. The van der Waals surface area contributed by atoms with E-state index in [9.17, 15) is 4.79 Å². The van der Waals surface area contributed by atoms with Gasteiger partial charge in [0.05, 0.1) is 11.7 Å². The third kappa shape index (κ3) is 4.13. The van der Waals surface area contributed by atoms with Crippen LogP contribution < -0.4 is 4.90 Å². The number of amides is 1. The highest BCUT2D eigenvalue weighted by molar-refractivity contribution is 5.74. The number of carbonyl (C=O) groups is 1. The number of rotatable bonds is 3. The van der Waals surface area contributed by atoms with Crippen molar-refractivity contribution in [1.82, 2.24) is 14.8 Å². The molecule has 1 amide bonds. The molecule has 1 aromatic heterocycles. The molecule has 3 fully saturated rings. The standard InChI is InChI=1S/C22H34N4O/c1-17-15-20(16-21(23-17)22-9-6-10-26(22)18(2)27)25-13-11-24(12-14-25)19-7-4-3-5-8-19/h15-16,19,22H,3-14H2,1-2H3/t22-/m1/s1. The lowest BCUT2D eigenvalue weighted by Gasteiger charge is -2.41. The van der Waals surface area contributed by atoms with Gasteiger partial charge >= 0.3 is 0 Å². The van der Waals surface area contributed by atoms with Crippen LogP contribution in [-0.2, 0) is 4.79 Å². The van der Waals surface area contributed by atoms with E-state index >= 15 is 0 Å². The van der Waals surface area contributed by atoms with Crippen LogP contribution in [0.2, 0.25) is 0 Å². The zero-order valence-corrected chi connectivity index (χ0v) is 17.0. The number of nitrogens with zero attached hydrogens (tertiary/aromatic N) is 4. The highest BCUT2D eigenvalue weighted by atomic mass is 16.2. The van der Waals surface area contributed by atoms with Gasteiger partial charge in [-0.1, -0.05) is 19.3 Å². The SMILES string of the molecule is CC(=O)N1CCC[C@@H]1c1cc(N2CCN(C3CCCCC3)CC2)cc(C)n1. The quantitative estimate of drug-likeness (QED) is 0.816. The summed E-state index contributed by atoms with van der Waals surface area (Å²) in [5.74, 6) is 0.170. The molecule has 4 rings (SSSR count). The Balaban J connectivity index is 1.45. The molecule has 2 saturated heterocycles. The van der Waals surface area contributed by atoms with Gasteiger partial charge in [0.25, 0.3) is 0 Å². The number of hydrogen-bond donors (Lipinski definition) is 0. The zero-order valence-electron chi connectivity index (χ0n) is 17.0. The maximum absolute atomic E-state index is 12.0. The van der Waals surface area contributed by atoms with Gasteiger partial charge in [0.1, 0.15) is 0 Å². The van der Waals surface area contributed by atoms with Crippen LogP contribution in [0.25, 0.3) is 0 Å². The summed E-state index contributed by atoms with van der Waals surface area (Å²) < 4.78 is 0. The van der Waals surface area contributed by atoms with Crippen molar-refractivity contribution < 1.29 is 4.79 Å². The molecular weight excluding hydrogens is 336 g/mol. The normalized spacial score (nSPS) is 25.2. The van der Waals surface area contributed by atoms with Crippen molar-refractivity contribution >= 4 is 11.6 Å². The van der Waals surface area contributed by atoms with Crippen molar-refractivity contribution in [1.29, 1.82) is 0 Å². The molecular formula is C22H34N4O. The fourth-order valence-corrected chi connectivity index (χ4v) is 5.27. The first-order valence-electron chi connectivity index (χ1n) is 10.9. The van der Waals surface area contributed by atoms with Crippen LogP contribution in [0.15, 0.2) is 12.1 Å². The minimum absolute atomic E-state index is 0.157. The number of carbonyl (C=O) groups excluding carboxylic acids is 1. The number of likely N-dealkylation sites (tertiary alicyclic amines) is 1. The third-order valence-electron chi connectivity index (χ3n) is 6.73. The lowest BCUT2D eigenvalue weighted by atomic mass is 9.94. The van der Waals surface area contributed by atoms with Crippen molar-refractivity contribution in [3.8, 4) is 0 Å². The van der Waals surface area contributed by atoms with Crippen LogP contribution in [0.4, 0.5) is 5.69 Å². The fourth-order valence-electron chi connectivity index (χ4n) is 5.27. The minimum Gasteiger partial charge on any atom is -0.369 e. The van der Waals surface area contributed by atoms with Gasteiger partial charge in [-0.2, -0.15) is 0 Å². The van der Waals surface area contributed by atoms with Gasteiger partial charge in [-0.05, 0) is 44.7 Å². The second-order valence-electron chi connectivity index (χ2n) is 8.58. The number of aromatic nitrogens is 1. The van der Waals surface area contributed by atoms with E-state index in [4.69, 9.17) is 4.98 Å². The average molecular weight is 371 g/mol. The van der Waals surface area contributed by atoms with Gasteiger partial charge in [0.2, 0.25) is 5.91 Å². The summed E-state index contributed by atoms with van der Waals surface area (Å²) in [6.07, 6.45) is 9.13. The summed E-state index contributed by atoms with van der Waals surface area (Å²) in [6.45, 7) is 9.17. The number of piperazine rings is 1. The van der Waals surface area contributed by atoms with E-state index in [1.54, 1.807) is 6.92 Å². The van der Waals surface area contributed by atoms with Crippen molar-refractivity contribution in [3.63, 3.8) is 0 Å². The summed E-state index contributed by atoms with van der Waals surface area (Å²) in [6, 6.07) is 5.44. The van der Waals surface area contributed by atoms with Gasteiger partial charge in [-0.25, -0.2) is 0 Å². The van der Waals surface area contributed by atoms with Gasteiger partial charge in [-0.3, -0.25) is 14.7 Å². The summed E-state index contributed by atoms with van der Waals surface area (Å²) in [5, 5.41) is 0. The number of hydrogen-bond acceptors (Lipinski definition) is 4. The van der Waals surface area contributed by atoms with Crippen molar-refractivity contribution in [2.45, 2.75) is 70.9 Å². The summed E-state index contributed by atoms with van der Waals surface area (Å²) in [4.78, 5) is 24.0. The lowest BCUT2D eigenvalue weighted by molar-refractivity contribution is -0.129. The number of pyridine rings is 1. The molecule has 0 aromatic carbocycles. The molecule has 27 heavy (non-hydrogen) atoms. The Morgan fingerprint density at radius 2 is 1.70 bits per heavy atom. The molecule has 0 radical (unpaired) electrons. The van der Waals surface area contributed by atoms with E-state index in [0.29, 0.717) is 0 Å². The fraction of sp³-hybridized carbons (Fsp3) is 0.727. The largest absolute Gasteiger partial charge is 0.369 e. The minimum atomic E-state index is 0.157. The topological polar surface area (TPSA) is 39.7 Å². The van der Waals surface area contributed by atoms with E-state index in [1.807, 2.05) is 4.90 Å². The Morgan fingerprint density at radius 1 is 0.963 bits per heavy atom. The Labute approximate surface area is 163 Å². The second-order valence-corrected chi connectivity index (χ2v) is 8.58. The van der Waals surface area contributed by atoms with Crippen molar-refractivity contribution in [2.24, 2.45) is 0 Å². The first-order valence-corrected chi connectivity index (χ1v) is 10.9. The van der Waals surface area contributed by atoms with Crippen LogP contribution >= 0.6 is 0 Å².